The van der Waals surface area contributed by atoms with Crippen LogP contribution >= 0.6 is 35.6 Å². The van der Waals surface area contributed by atoms with Gasteiger partial charge in [0.15, 0.2) is 11.5 Å². The Labute approximate surface area is 203 Å². The van der Waals surface area contributed by atoms with Gasteiger partial charge in [-0.2, -0.15) is 0 Å². The number of carbonyl (C=O) groups is 1. The van der Waals surface area contributed by atoms with Crippen LogP contribution in [0.3, 0.4) is 0 Å². The molecule has 3 rings (SSSR count). The topological polar surface area (TPSA) is 48.0 Å². The Hall–Kier alpha value is -2.22. The van der Waals surface area contributed by atoms with Crippen molar-refractivity contribution in [1.82, 2.24) is 4.90 Å². The second-order valence-electron chi connectivity index (χ2n) is 8.25. The van der Waals surface area contributed by atoms with E-state index in [1.165, 1.54) is 22.2 Å². The number of nitrogens with zero attached hydrogens (tertiary/aromatic N) is 1. The monoisotopic (exact) mass is 491 g/mol. The molecule has 5 nitrogen and oxygen atoms in total. The molecule has 0 aromatic heterocycles. The second-order valence-corrected chi connectivity index (χ2v) is 10.3. The molecule has 1 aliphatic heterocycles. The lowest BCUT2D eigenvalue weighted by atomic mass is 9.87. The number of methoxy groups -OCH3 is 1. The van der Waals surface area contributed by atoms with Crippen LogP contribution in [0.4, 0.5) is 0 Å². The normalized spacial score (nSPS) is 15.4. The largest absolute Gasteiger partial charge is 0.493 e. The number of hydrogen-bond donors (Lipinski definition) is 0. The molecule has 0 atom stereocenters. The quantitative estimate of drug-likeness (QED) is 0.271. The zero-order valence-corrected chi connectivity index (χ0v) is 21.1. The first-order valence-corrected chi connectivity index (χ1v) is 11.7. The van der Waals surface area contributed by atoms with Crippen molar-refractivity contribution in [3.05, 3.63) is 57.5 Å². The van der Waals surface area contributed by atoms with Gasteiger partial charge in [0.25, 0.3) is 5.91 Å². The predicted molar refractivity (Wildman–Crippen MR) is 135 cm³/mol. The number of thioether (sulfide) groups is 1. The molecule has 0 saturated carbocycles. The van der Waals surface area contributed by atoms with Gasteiger partial charge in [-0.15, -0.1) is 0 Å². The van der Waals surface area contributed by atoms with Gasteiger partial charge >= 0.3 is 0 Å². The fraction of sp³-hybridized carbons (Fsp3) is 0.333. The maximum absolute atomic E-state index is 12.2. The number of benzene rings is 2. The molecule has 0 bridgehead atoms. The average molecular weight is 492 g/mol. The van der Waals surface area contributed by atoms with Gasteiger partial charge in [-0.1, -0.05) is 68.5 Å². The number of hydrogen-bond acceptors (Lipinski definition) is 6. The van der Waals surface area contributed by atoms with Crippen LogP contribution in [-0.2, 0) is 10.2 Å². The minimum atomic E-state index is -0.136. The van der Waals surface area contributed by atoms with Crippen LogP contribution in [0.5, 0.6) is 17.2 Å². The first kappa shape index (κ1) is 24.4. The van der Waals surface area contributed by atoms with E-state index in [-0.39, 0.29) is 11.3 Å². The fourth-order valence-corrected chi connectivity index (χ4v) is 4.47. The SMILES string of the molecule is COc1cc(/C=C2\SC(=S)N(C)C2=O)cc(Cl)c1OCCOc1ccc(C(C)(C)C)cc1. The Balaban J connectivity index is 1.63. The molecule has 8 heteroatoms. The standard InChI is InChI=1S/C24H26ClNO4S2/c1-24(2,3)16-6-8-17(9-7-16)29-10-11-30-21-18(25)12-15(13-19(21)28-5)14-20-22(27)26(4)23(31)32-20/h6-9,12-14H,10-11H2,1-5H3/b20-14-. The van der Waals surface area contributed by atoms with Crippen molar-refractivity contribution in [2.24, 2.45) is 0 Å². The molecule has 0 N–H and O–H groups in total. The summed E-state index contributed by atoms with van der Waals surface area (Å²) in [4.78, 5) is 14.2. The Morgan fingerprint density at radius 1 is 1.12 bits per heavy atom. The molecule has 0 aliphatic carbocycles. The summed E-state index contributed by atoms with van der Waals surface area (Å²) < 4.78 is 17.6. The maximum atomic E-state index is 12.2. The summed E-state index contributed by atoms with van der Waals surface area (Å²) in [6, 6.07) is 11.6. The van der Waals surface area contributed by atoms with Crippen LogP contribution in [0, 0.1) is 0 Å². The van der Waals surface area contributed by atoms with E-state index in [2.05, 4.69) is 32.9 Å². The summed E-state index contributed by atoms with van der Waals surface area (Å²) in [5, 5.41) is 0.386. The van der Waals surface area contributed by atoms with Gasteiger partial charge in [0.1, 0.15) is 23.3 Å². The summed E-state index contributed by atoms with van der Waals surface area (Å²) in [6.07, 6.45) is 1.74. The van der Waals surface area contributed by atoms with E-state index in [0.717, 1.165) is 11.3 Å². The van der Waals surface area contributed by atoms with E-state index in [9.17, 15) is 4.79 Å². The summed E-state index contributed by atoms with van der Waals surface area (Å²) in [7, 11) is 3.20. The first-order valence-electron chi connectivity index (χ1n) is 10.1. The molecule has 1 fully saturated rings. The second kappa shape index (κ2) is 10.1. The number of thiocarbonyl (C=S) groups is 1. The van der Waals surface area contributed by atoms with Crippen molar-refractivity contribution in [2.45, 2.75) is 26.2 Å². The van der Waals surface area contributed by atoms with Crippen molar-refractivity contribution < 1.29 is 19.0 Å². The van der Waals surface area contributed by atoms with Gasteiger partial charge in [0.05, 0.1) is 17.0 Å². The van der Waals surface area contributed by atoms with E-state index in [1.54, 1.807) is 32.4 Å². The first-order chi connectivity index (χ1) is 15.1. The zero-order valence-electron chi connectivity index (χ0n) is 18.7. The van der Waals surface area contributed by atoms with E-state index in [1.807, 2.05) is 12.1 Å². The van der Waals surface area contributed by atoms with Crippen LogP contribution in [0.25, 0.3) is 6.08 Å². The highest BCUT2D eigenvalue weighted by Gasteiger charge is 2.28. The summed E-state index contributed by atoms with van der Waals surface area (Å²) >= 11 is 12.9. The van der Waals surface area contributed by atoms with Gasteiger partial charge < -0.3 is 14.2 Å². The molecule has 0 radical (unpaired) electrons. The fourth-order valence-electron chi connectivity index (χ4n) is 3.01. The number of amides is 1. The van der Waals surface area contributed by atoms with Crippen LogP contribution in [0.2, 0.25) is 5.02 Å². The Bertz CT molecular complexity index is 1050. The van der Waals surface area contributed by atoms with Crippen molar-refractivity contribution in [3.8, 4) is 17.2 Å². The number of likely N-dealkylation sites (N-methyl/N-ethyl adjacent to an activating group) is 1. The van der Waals surface area contributed by atoms with Crippen LogP contribution in [0.15, 0.2) is 41.3 Å². The highest BCUT2D eigenvalue weighted by Crippen LogP contribution is 2.38. The minimum Gasteiger partial charge on any atom is -0.493 e. The highest BCUT2D eigenvalue weighted by molar-refractivity contribution is 8.26. The molecule has 1 heterocycles. The Morgan fingerprint density at radius 3 is 2.34 bits per heavy atom. The molecular formula is C24H26ClNO4S2. The summed E-state index contributed by atoms with van der Waals surface area (Å²) in [5.41, 5.74) is 2.07. The molecule has 2 aromatic carbocycles. The Kier molecular flexibility index (Phi) is 7.75. The number of halogens is 1. The zero-order chi connectivity index (χ0) is 23.5. The molecule has 0 spiro atoms. The maximum Gasteiger partial charge on any atom is 0.265 e. The molecule has 32 heavy (non-hydrogen) atoms. The molecular weight excluding hydrogens is 466 g/mol. The van der Waals surface area contributed by atoms with Crippen molar-refractivity contribution in [2.75, 3.05) is 27.4 Å². The molecule has 1 aliphatic rings. The van der Waals surface area contributed by atoms with Crippen LogP contribution < -0.4 is 14.2 Å². The van der Waals surface area contributed by atoms with Gasteiger partial charge in [-0.25, -0.2) is 0 Å². The number of rotatable bonds is 7. The summed E-state index contributed by atoms with van der Waals surface area (Å²) in [5.74, 6) is 1.55. The molecule has 170 valence electrons. The van der Waals surface area contributed by atoms with Crippen molar-refractivity contribution in [3.63, 3.8) is 0 Å². The molecule has 1 saturated heterocycles. The lowest BCUT2D eigenvalue weighted by Crippen LogP contribution is -2.22. The van der Waals surface area contributed by atoms with Crippen molar-refractivity contribution in [1.29, 1.82) is 0 Å². The van der Waals surface area contributed by atoms with Gasteiger partial charge in [-0.05, 0) is 46.9 Å². The van der Waals surface area contributed by atoms with Gasteiger partial charge in [0.2, 0.25) is 0 Å². The average Bonchev–Trinajstić information content (AvgIpc) is 2.98. The molecule has 2 aromatic rings. The number of ether oxygens (including phenoxy) is 3. The van der Waals surface area contributed by atoms with Crippen molar-refractivity contribution >= 4 is 51.9 Å². The predicted octanol–water partition coefficient (Wildman–Crippen LogP) is 5.93. The highest BCUT2D eigenvalue weighted by atomic mass is 35.5. The number of carbonyl (C=O) groups excluding carboxylic acids is 1. The third-order valence-corrected chi connectivity index (χ3v) is 6.62. The van der Waals surface area contributed by atoms with E-state index >= 15 is 0 Å². The summed E-state index contributed by atoms with van der Waals surface area (Å²) in [6.45, 7) is 7.17. The van der Waals surface area contributed by atoms with Crippen LogP contribution in [-0.4, -0.2) is 42.5 Å². The van der Waals surface area contributed by atoms with Gasteiger partial charge in [0, 0.05) is 7.05 Å². The van der Waals surface area contributed by atoms with E-state index in [4.69, 9.17) is 38.0 Å². The lowest BCUT2D eigenvalue weighted by Gasteiger charge is -2.19. The van der Waals surface area contributed by atoms with E-state index in [0.29, 0.717) is 39.0 Å². The molecule has 0 unspecified atom stereocenters. The third-order valence-electron chi connectivity index (χ3n) is 4.85. The molecule has 1 amide bonds. The van der Waals surface area contributed by atoms with Crippen LogP contribution in [0.1, 0.15) is 31.9 Å². The van der Waals surface area contributed by atoms with E-state index < -0.39 is 0 Å². The lowest BCUT2D eigenvalue weighted by molar-refractivity contribution is -0.121. The smallest absolute Gasteiger partial charge is 0.265 e. The Morgan fingerprint density at radius 2 is 1.78 bits per heavy atom. The minimum absolute atomic E-state index is 0.0998. The third kappa shape index (κ3) is 5.77. The van der Waals surface area contributed by atoms with Gasteiger partial charge in [-0.3, -0.25) is 9.69 Å².